The van der Waals surface area contributed by atoms with Gasteiger partial charge in [0, 0.05) is 6.07 Å². The number of carbonyl (C=O) groups is 1. The molecule has 0 saturated carbocycles. The Morgan fingerprint density at radius 3 is 2.78 bits per heavy atom. The quantitative estimate of drug-likeness (QED) is 0.574. The van der Waals surface area contributed by atoms with Gasteiger partial charge in [-0.1, -0.05) is 17.4 Å². The Labute approximate surface area is 158 Å². The molecule has 0 atom stereocenters. The Morgan fingerprint density at radius 2 is 2.00 bits per heavy atom. The van der Waals surface area contributed by atoms with Gasteiger partial charge in [0.2, 0.25) is 0 Å². The maximum absolute atomic E-state index is 12.6. The zero-order chi connectivity index (χ0) is 19.1. The van der Waals surface area contributed by atoms with E-state index in [0.717, 1.165) is 27.1 Å². The number of fused-ring (bicyclic) bond motifs is 2. The second-order valence-electron chi connectivity index (χ2n) is 6.24. The van der Waals surface area contributed by atoms with Crippen molar-refractivity contribution in [1.82, 2.24) is 4.98 Å². The van der Waals surface area contributed by atoms with E-state index >= 15 is 0 Å². The number of aryl methyl sites for hydroxylation is 2. The Hall–Kier alpha value is -3.19. The van der Waals surface area contributed by atoms with Gasteiger partial charge >= 0.3 is 0 Å². The first-order chi connectivity index (χ1) is 12.9. The molecule has 0 aliphatic carbocycles. The number of rotatable bonds is 3. The van der Waals surface area contributed by atoms with Gasteiger partial charge in [0.15, 0.2) is 16.3 Å². The number of thiazole rings is 1. The predicted molar refractivity (Wildman–Crippen MR) is 106 cm³/mol. The molecule has 27 heavy (non-hydrogen) atoms. The summed E-state index contributed by atoms with van der Waals surface area (Å²) < 4.78 is 11.8. The molecule has 2 heterocycles. The van der Waals surface area contributed by atoms with E-state index in [0.29, 0.717) is 16.1 Å². The van der Waals surface area contributed by atoms with Crippen LogP contribution in [0.15, 0.2) is 45.6 Å². The van der Waals surface area contributed by atoms with E-state index in [-0.39, 0.29) is 11.2 Å². The van der Waals surface area contributed by atoms with Crippen molar-refractivity contribution in [2.24, 2.45) is 0 Å². The second kappa shape index (κ2) is 6.51. The number of methoxy groups -OCH3 is 1. The van der Waals surface area contributed by atoms with Gasteiger partial charge in [-0.25, -0.2) is 4.98 Å². The van der Waals surface area contributed by atoms with Gasteiger partial charge in [-0.15, -0.1) is 0 Å². The summed E-state index contributed by atoms with van der Waals surface area (Å²) in [5.74, 6) is 0.159. The fraction of sp³-hybridized carbons (Fsp3) is 0.150. The van der Waals surface area contributed by atoms with Crippen LogP contribution in [0.5, 0.6) is 5.75 Å². The highest BCUT2D eigenvalue weighted by Crippen LogP contribution is 2.29. The third-order valence-electron chi connectivity index (χ3n) is 4.20. The van der Waals surface area contributed by atoms with Crippen LogP contribution in [0.25, 0.3) is 21.2 Å². The lowest BCUT2D eigenvalue weighted by molar-refractivity contribution is 0.0997. The molecule has 1 amide bonds. The molecule has 0 spiro atoms. The number of carbonyl (C=O) groups excluding carboxylic acids is 1. The molecular formula is C20H16N2O4S. The van der Waals surface area contributed by atoms with E-state index in [1.807, 2.05) is 32.0 Å². The van der Waals surface area contributed by atoms with Crippen molar-refractivity contribution in [2.45, 2.75) is 13.8 Å². The lowest BCUT2D eigenvalue weighted by Gasteiger charge is -2.06. The number of nitrogens with one attached hydrogen (secondary N) is 1. The number of hydrogen-bond donors (Lipinski definition) is 1. The Morgan fingerprint density at radius 1 is 1.19 bits per heavy atom. The lowest BCUT2D eigenvalue weighted by Crippen LogP contribution is -2.15. The van der Waals surface area contributed by atoms with Crippen LogP contribution in [0, 0.1) is 13.8 Å². The molecule has 2 aromatic heterocycles. The Kier molecular flexibility index (Phi) is 4.16. The van der Waals surface area contributed by atoms with Crippen LogP contribution in [-0.4, -0.2) is 18.0 Å². The van der Waals surface area contributed by atoms with Gasteiger partial charge in [0.25, 0.3) is 5.91 Å². The van der Waals surface area contributed by atoms with Gasteiger partial charge < -0.3 is 9.15 Å². The molecule has 4 aromatic rings. The molecule has 136 valence electrons. The molecule has 1 N–H and O–H groups in total. The van der Waals surface area contributed by atoms with Crippen LogP contribution in [0.3, 0.4) is 0 Å². The molecule has 6 nitrogen and oxygen atoms in total. The van der Waals surface area contributed by atoms with Crippen LogP contribution in [0.1, 0.15) is 21.7 Å². The molecule has 0 unspecified atom stereocenters. The number of hydrogen-bond acceptors (Lipinski definition) is 6. The molecule has 0 radical (unpaired) electrons. The Bertz CT molecular complexity index is 1260. The summed E-state index contributed by atoms with van der Waals surface area (Å²) in [4.78, 5) is 29.4. The first-order valence-electron chi connectivity index (χ1n) is 8.25. The highest BCUT2D eigenvalue weighted by atomic mass is 32.1. The van der Waals surface area contributed by atoms with Crippen LogP contribution < -0.4 is 15.5 Å². The maximum Gasteiger partial charge on any atom is 0.293 e. The molecule has 0 aliphatic rings. The number of nitrogens with zero attached hydrogens (tertiary/aromatic N) is 1. The summed E-state index contributed by atoms with van der Waals surface area (Å²) in [6, 6.07) is 10.4. The average Bonchev–Trinajstić information content (AvgIpc) is 3.03. The zero-order valence-electron chi connectivity index (χ0n) is 15.0. The molecule has 0 bridgehead atoms. The predicted octanol–water partition coefficient (Wildman–Crippen LogP) is 4.28. The largest absolute Gasteiger partial charge is 0.497 e. The fourth-order valence-corrected chi connectivity index (χ4v) is 3.85. The topological polar surface area (TPSA) is 81.4 Å². The smallest absolute Gasteiger partial charge is 0.293 e. The van der Waals surface area contributed by atoms with Crippen molar-refractivity contribution < 1.29 is 13.9 Å². The van der Waals surface area contributed by atoms with Crippen molar-refractivity contribution in [3.05, 3.63) is 63.5 Å². The van der Waals surface area contributed by atoms with Crippen molar-refractivity contribution in [3.8, 4) is 5.75 Å². The van der Waals surface area contributed by atoms with Crippen LogP contribution in [0.2, 0.25) is 0 Å². The van der Waals surface area contributed by atoms with E-state index in [4.69, 9.17) is 9.15 Å². The summed E-state index contributed by atoms with van der Waals surface area (Å²) in [7, 11) is 1.59. The van der Waals surface area contributed by atoms with Gasteiger partial charge in [-0.05, 0) is 49.2 Å². The highest BCUT2D eigenvalue weighted by molar-refractivity contribution is 7.22. The van der Waals surface area contributed by atoms with Crippen LogP contribution in [-0.2, 0) is 0 Å². The molecule has 0 aliphatic heterocycles. The summed E-state index contributed by atoms with van der Waals surface area (Å²) in [6.45, 7) is 3.76. The van der Waals surface area contributed by atoms with E-state index < -0.39 is 5.91 Å². The maximum atomic E-state index is 12.6. The number of anilines is 1. The van der Waals surface area contributed by atoms with E-state index in [1.54, 1.807) is 19.2 Å². The molecular weight excluding hydrogens is 364 g/mol. The first-order valence-corrected chi connectivity index (χ1v) is 9.07. The van der Waals surface area contributed by atoms with Gasteiger partial charge in [-0.2, -0.15) is 0 Å². The second-order valence-corrected chi connectivity index (χ2v) is 7.27. The minimum atomic E-state index is -0.514. The van der Waals surface area contributed by atoms with Gasteiger partial charge in [-0.3, -0.25) is 14.9 Å². The van der Waals surface area contributed by atoms with E-state index in [2.05, 4.69) is 10.3 Å². The summed E-state index contributed by atoms with van der Waals surface area (Å²) in [6.07, 6.45) is 0. The fourth-order valence-electron chi connectivity index (χ4n) is 2.97. The third-order valence-corrected chi connectivity index (χ3v) is 5.13. The standard InChI is InChI=1S/C20H16N2O4S/c1-10-6-11(2)18-13(7-10)15(23)9-16(26-18)19(24)22-20-21-14-5-4-12(25-3)8-17(14)27-20/h4-9H,1-3H3,(H,21,22,24). The van der Waals surface area contributed by atoms with E-state index in [1.165, 1.54) is 17.4 Å². The monoisotopic (exact) mass is 380 g/mol. The lowest BCUT2D eigenvalue weighted by atomic mass is 10.1. The molecule has 7 heteroatoms. The number of benzene rings is 2. The summed E-state index contributed by atoms with van der Waals surface area (Å²) in [5.41, 5.74) is 2.70. The normalized spacial score (nSPS) is 11.1. The highest BCUT2D eigenvalue weighted by Gasteiger charge is 2.16. The third kappa shape index (κ3) is 3.17. The SMILES string of the molecule is COc1ccc2nc(NC(=O)c3cc(=O)c4cc(C)cc(C)c4o3)sc2c1. The van der Waals surface area contributed by atoms with Gasteiger partial charge in [0.1, 0.15) is 11.3 Å². The van der Waals surface area contributed by atoms with Crippen LogP contribution in [0.4, 0.5) is 5.13 Å². The number of ether oxygens (including phenoxy) is 1. The number of aromatic nitrogens is 1. The molecule has 2 aromatic carbocycles. The Balaban J connectivity index is 1.70. The minimum absolute atomic E-state index is 0.0451. The van der Waals surface area contributed by atoms with Gasteiger partial charge in [0.05, 0.1) is 22.7 Å². The minimum Gasteiger partial charge on any atom is -0.497 e. The van der Waals surface area contributed by atoms with E-state index in [9.17, 15) is 9.59 Å². The summed E-state index contributed by atoms with van der Waals surface area (Å²) >= 11 is 1.32. The molecule has 4 rings (SSSR count). The van der Waals surface area contributed by atoms with Crippen LogP contribution >= 0.6 is 11.3 Å². The molecule has 0 saturated heterocycles. The molecule has 0 fully saturated rings. The summed E-state index contributed by atoms with van der Waals surface area (Å²) in [5, 5.41) is 3.59. The zero-order valence-corrected chi connectivity index (χ0v) is 15.8. The van der Waals surface area contributed by atoms with Crippen molar-refractivity contribution in [3.63, 3.8) is 0 Å². The number of amides is 1. The average molecular weight is 380 g/mol. The first kappa shape index (κ1) is 17.2. The van der Waals surface area contributed by atoms with Crippen molar-refractivity contribution in [2.75, 3.05) is 12.4 Å². The van der Waals surface area contributed by atoms with Crippen molar-refractivity contribution >= 4 is 43.6 Å². The van der Waals surface area contributed by atoms with Crippen molar-refractivity contribution in [1.29, 1.82) is 0 Å².